The van der Waals surface area contributed by atoms with E-state index in [2.05, 4.69) is 29.6 Å². The molecule has 2 aromatic carbocycles. The van der Waals surface area contributed by atoms with Gasteiger partial charge in [-0.05, 0) is 22.3 Å². The molecular weight excluding hydrogens is 488 g/mol. The van der Waals surface area contributed by atoms with Gasteiger partial charge in [0.25, 0.3) is 5.91 Å². The summed E-state index contributed by atoms with van der Waals surface area (Å²) >= 11 is 0. The fourth-order valence-corrected chi connectivity index (χ4v) is 4.18. The Morgan fingerprint density at radius 2 is 1.47 bits per heavy atom. The Morgan fingerprint density at radius 3 is 1.89 bits per heavy atom. The fraction of sp³-hybridized carbons (Fsp3) is 0.172. The van der Waals surface area contributed by atoms with Gasteiger partial charge in [0.05, 0.1) is 0 Å². The highest BCUT2D eigenvalue weighted by Gasteiger charge is 2.58. The Labute approximate surface area is 218 Å². The van der Waals surface area contributed by atoms with Crippen LogP contribution in [0.1, 0.15) is 24.2 Å². The summed E-state index contributed by atoms with van der Waals surface area (Å²) in [5, 5.41) is 3.08. The van der Waals surface area contributed by atoms with Gasteiger partial charge in [-0.1, -0.05) is 84.9 Å². The number of cyclic esters (lactones) is 1. The molecule has 0 saturated carbocycles. The van der Waals surface area contributed by atoms with Crippen molar-refractivity contribution in [2.24, 2.45) is 0 Å². The molecule has 9 nitrogen and oxygen atoms in total. The Morgan fingerprint density at radius 1 is 0.921 bits per heavy atom. The van der Waals surface area contributed by atoms with Gasteiger partial charge in [0.2, 0.25) is 5.91 Å². The van der Waals surface area contributed by atoms with E-state index in [1.54, 1.807) is 48.5 Å². The molecule has 1 unspecified atom stereocenters. The predicted molar refractivity (Wildman–Crippen MR) is 135 cm³/mol. The number of esters is 2. The van der Waals surface area contributed by atoms with Crippen LogP contribution in [0.15, 0.2) is 97.1 Å². The number of nitrogens with zero attached hydrogens (tertiary/aromatic N) is 1. The number of nitrogens with one attached hydrogen (secondary N) is 1. The lowest BCUT2D eigenvalue weighted by atomic mass is 9.95. The quantitative estimate of drug-likeness (QED) is 0.395. The average molecular weight is 513 g/mol. The first-order valence-corrected chi connectivity index (χ1v) is 11.9. The number of amides is 2. The molecule has 0 bridgehead atoms. The molecule has 2 amide bonds. The van der Waals surface area contributed by atoms with Crippen LogP contribution in [0.25, 0.3) is 11.1 Å². The molecule has 2 heterocycles. The summed E-state index contributed by atoms with van der Waals surface area (Å²) in [6.45, 7) is 1.03. The standard InChI is InChI=1S/C23H20N2O7.C6H4/c1-15(26)24-18-14-30-25(21(18)28)23(13-12-19(27)32-23)22(29)31-20(16-8-4-2-5-9-16)17-10-6-3-7-11-17;1-2-6-4-3-5(1)6/h2-13,18,20H,14H2,1H3,(H,24,26);1-4H/t18-,23?;/m0./s1. The summed E-state index contributed by atoms with van der Waals surface area (Å²) in [6.07, 6.45) is 1.29. The molecule has 0 spiro atoms. The Kier molecular flexibility index (Phi) is 6.76. The molecule has 2 aliphatic carbocycles. The maximum atomic E-state index is 13.4. The van der Waals surface area contributed by atoms with Crippen LogP contribution in [-0.4, -0.2) is 47.2 Å². The monoisotopic (exact) mass is 512 g/mol. The third-order valence-electron chi connectivity index (χ3n) is 6.19. The molecule has 1 N–H and O–H groups in total. The van der Waals surface area contributed by atoms with Crippen molar-refractivity contribution in [1.82, 2.24) is 10.4 Å². The first-order valence-electron chi connectivity index (χ1n) is 11.9. The number of ether oxygens (including phenoxy) is 2. The number of fused-ring (bicyclic) bond motifs is 1. The number of benzene rings is 3. The van der Waals surface area contributed by atoms with Crippen LogP contribution in [0, 0.1) is 0 Å². The number of carbonyl (C=O) groups is 4. The third kappa shape index (κ3) is 4.79. The summed E-state index contributed by atoms with van der Waals surface area (Å²) in [5.41, 5.74) is 1.97. The summed E-state index contributed by atoms with van der Waals surface area (Å²) in [4.78, 5) is 54.9. The van der Waals surface area contributed by atoms with Crippen LogP contribution in [0.4, 0.5) is 0 Å². The van der Waals surface area contributed by atoms with Gasteiger partial charge in [0, 0.05) is 19.1 Å². The van der Waals surface area contributed by atoms with E-state index in [1.165, 1.54) is 18.1 Å². The van der Waals surface area contributed by atoms with Crippen LogP contribution < -0.4 is 5.32 Å². The minimum atomic E-state index is -2.25. The summed E-state index contributed by atoms with van der Waals surface area (Å²) in [6, 6.07) is 25.5. The van der Waals surface area contributed by atoms with Crippen molar-refractivity contribution in [1.29, 1.82) is 0 Å². The van der Waals surface area contributed by atoms with Crippen molar-refractivity contribution in [2.45, 2.75) is 24.8 Å². The van der Waals surface area contributed by atoms with Gasteiger partial charge < -0.3 is 14.8 Å². The van der Waals surface area contributed by atoms with E-state index in [9.17, 15) is 19.2 Å². The highest BCUT2D eigenvalue weighted by atomic mass is 16.8. The number of hydroxylamine groups is 2. The summed E-state index contributed by atoms with van der Waals surface area (Å²) in [5.74, 6) is -3.04. The van der Waals surface area contributed by atoms with Crippen molar-refractivity contribution >= 4 is 23.8 Å². The molecule has 192 valence electrons. The zero-order chi connectivity index (χ0) is 26.7. The van der Waals surface area contributed by atoms with Crippen LogP contribution >= 0.6 is 0 Å². The molecule has 2 aliphatic heterocycles. The summed E-state index contributed by atoms with van der Waals surface area (Å²) in [7, 11) is 0. The van der Waals surface area contributed by atoms with Gasteiger partial charge in [-0.15, -0.1) is 0 Å². The van der Waals surface area contributed by atoms with E-state index >= 15 is 0 Å². The SMILES string of the molecule is CC(=O)N[C@H]1CON(C2(C(=O)OC(c3ccccc3)c3ccccc3)C=CC(=O)O2)C1=O.c1cc2ccc1-2. The average Bonchev–Trinajstić information content (AvgIpc) is 3.48. The van der Waals surface area contributed by atoms with E-state index in [1.807, 2.05) is 12.1 Å². The van der Waals surface area contributed by atoms with Gasteiger partial charge in [-0.25, -0.2) is 9.59 Å². The molecule has 0 aromatic heterocycles. The van der Waals surface area contributed by atoms with E-state index < -0.39 is 41.6 Å². The van der Waals surface area contributed by atoms with Crippen molar-refractivity contribution in [3.8, 4) is 11.1 Å². The Balaban J connectivity index is 0.000000424. The maximum Gasteiger partial charge on any atom is 0.380 e. The number of rotatable bonds is 6. The highest BCUT2D eigenvalue weighted by molar-refractivity contribution is 5.98. The van der Waals surface area contributed by atoms with Crippen LogP contribution in [0.3, 0.4) is 0 Å². The second kappa shape index (κ2) is 10.3. The molecule has 2 aromatic rings. The number of hydrogen-bond acceptors (Lipinski definition) is 7. The highest BCUT2D eigenvalue weighted by Crippen LogP contribution is 2.34. The molecule has 1 fully saturated rings. The van der Waals surface area contributed by atoms with Gasteiger partial charge in [0.15, 0.2) is 6.10 Å². The second-order valence-corrected chi connectivity index (χ2v) is 8.82. The minimum Gasteiger partial charge on any atom is -0.448 e. The fourth-order valence-electron chi connectivity index (χ4n) is 4.18. The lowest BCUT2D eigenvalue weighted by Crippen LogP contribution is -2.57. The maximum absolute atomic E-state index is 13.4. The lowest BCUT2D eigenvalue weighted by Gasteiger charge is -2.33. The van der Waals surface area contributed by atoms with Gasteiger partial charge in [0.1, 0.15) is 12.6 Å². The topological polar surface area (TPSA) is 111 Å². The largest absolute Gasteiger partial charge is 0.448 e. The van der Waals surface area contributed by atoms with E-state index in [4.69, 9.17) is 14.3 Å². The normalized spacial score (nSPS) is 20.5. The summed E-state index contributed by atoms with van der Waals surface area (Å²) < 4.78 is 11.0. The molecule has 0 radical (unpaired) electrons. The van der Waals surface area contributed by atoms with Gasteiger partial charge in [-0.2, -0.15) is 5.06 Å². The second-order valence-electron chi connectivity index (χ2n) is 8.82. The molecule has 2 atom stereocenters. The molecule has 4 aliphatic rings. The van der Waals surface area contributed by atoms with Gasteiger partial charge >= 0.3 is 17.7 Å². The zero-order valence-corrected chi connectivity index (χ0v) is 20.4. The first-order chi connectivity index (χ1) is 18.4. The molecule has 38 heavy (non-hydrogen) atoms. The smallest absolute Gasteiger partial charge is 0.380 e. The van der Waals surface area contributed by atoms with Crippen molar-refractivity contribution in [3.05, 3.63) is 108 Å². The molecular formula is C29H24N2O7. The van der Waals surface area contributed by atoms with Crippen LogP contribution in [-0.2, 0) is 33.5 Å². The van der Waals surface area contributed by atoms with Crippen molar-refractivity contribution in [3.63, 3.8) is 0 Å². The number of hydrogen-bond donors (Lipinski definition) is 1. The molecule has 9 heteroatoms. The van der Waals surface area contributed by atoms with E-state index in [-0.39, 0.29) is 6.61 Å². The molecule has 6 rings (SSSR count). The molecule has 1 saturated heterocycles. The lowest BCUT2D eigenvalue weighted by molar-refractivity contribution is -0.250. The van der Waals surface area contributed by atoms with Crippen molar-refractivity contribution < 1.29 is 33.5 Å². The third-order valence-corrected chi connectivity index (χ3v) is 6.19. The van der Waals surface area contributed by atoms with E-state index in [0.717, 1.165) is 12.2 Å². The number of carbonyl (C=O) groups excluding carboxylic acids is 4. The van der Waals surface area contributed by atoms with E-state index in [0.29, 0.717) is 16.2 Å². The Hall–Kier alpha value is -4.76. The van der Waals surface area contributed by atoms with Gasteiger partial charge in [-0.3, -0.25) is 14.4 Å². The van der Waals surface area contributed by atoms with Crippen molar-refractivity contribution in [2.75, 3.05) is 6.61 Å². The van der Waals surface area contributed by atoms with Crippen LogP contribution in [0.2, 0.25) is 0 Å². The Bertz CT molecular complexity index is 1330. The predicted octanol–water partition coefficient (Wildman–Crippen LogP) is 3.07. The minimum absolute atomic E-state index is 0.223. The zero-order valence-electron chi connectivity index (χ0n) is 20.4. The first kappa shape index (κ1) is 24.9. The van der Waals surface area contributed by atoms with Crippen LogP contribution in [0.5, 0.6) is 0 Å².